The number of rotatable bonds is 8. The van der Waals surface area contributed by atoms with E-state index in [1.165, 1.54) is 6.42 Å². The summed E-state index contributed by atoms with van der Waals surface area (Å²) in [5.74, 6) is 1.51. The number of allylic oxidation sites excluding steroid dienone is 4. The first-order chi connectivity index (χ1) is 15.5. The van der Waals surface area contributed by atoms with Crippen LogP contribution in [-0.4, -0.2) is 53.5 Å². The molecule has 1 fully saturated rings. The summed E-state index contributed by atoms with van der Waals surface area (Å²) in [4.78, 5) is 15.9. The van der Waals surface area contributed by atoms with Gasteiger partial charge in [-0.1, -0.05) is 43.4 Å². The molecule has 5 nitrogen and oxygen atoms in total. The molecule has 6 heteroatoms. The van der Waals surface area contributed by atoms with Crippen molar-refractivity contribution < 1.29 is 0 Å². The van der Waals surface area contributed by atoms with E-state index in [0.29, 0.717) is 17.1 Å². The molecule has 1 heterocycles. The summed E-state index contributed by atoms with van der Waals surface area (Å²) in [6.45, 7) is 5.97. The van der Waals surface area contributed by atoms with Crippen molar-refractivity contribution in [3.05, 3.63) is 66.5 Å². The van der Waals surface area contributed by atoms with Crippen molar-refractivity contribution in [2.75, 3.05) is 26.5 Å². The van der Waals surface area contributed by atoms with E-state index in [2.05, 4.69) is 35.2 Å². The Hall–Kier alpha value is -2.86. The highest BCUT2D eigenvalue weighted by Crippen LogP contribution is 2.31. The topological polar surface area (TPSA) is 53.4 Å². The Morgan fingerprint density at radius 3 is 2.72 bits per heavy atom. The minimum Gasteiger partial charge on any atom is -0.383 e. The number of hydrogen-bond acceptors (Lipinski definition) is 6. The van der Waals surface area contributed by atoms with Gasteiger partial charge in [0.2, 0.25) is 0 Å². The minimum absolute atomic E-state index is 0.290. The number of aliphatic imine (C=N–C) groups is 1. The molecule has 0 saturated heterocycles. The molecule has 3 rings (SSSR count). The minimum atomic E-state index is 0.290. The van der Waals surface area contributed by atoms with Gasteiger partial charge >= 0.3 is 0 Å². The maximum atomic E-state index is 4.96. The van der Waals surface area contributed by atoms with E-state index in [9.17, 15) is 0 Å². The van der Waals surface area contributed by atoms with Gasteiger partial charge in [-0.3, -0.25) is 4.99 Å². The van der Waals surface area contributed by atoms with Gasteiger partial charge in [0, 0.05) is 67.7 Å². The largest absolute Gasteiger partial charge is 0.383 e. The zero-order chi connectivity index (χ0) is 23.1. The highest BCUT2D eigenvalue weighted by Gasteiger charge is 2.25. The van der Waals surface area contributed by atoms with Gasteiger partial charge in [-0.05, 0) is 37.0 Å². The van der Waals surface area contributed by atoms with Crippen LogP contribution in [0.4, 0.5) is 5.82 Å². The Kier molecular flexibility index (Phi) is 8.28. The lowest BCUT2D eigenvalue weighted by atomic mass is 10.0. The van der Waals surface area contributed by atoms with Gasteiger partial charge in [0.05, 0.1) is 0 Å². The van der Waals surface area contributed by atoms with Gasteiger partial charge in [-0.2, -0.15) is 12.6 Å². The number of benzene rings is 1. The Balaban J connectivity index is 2.05. The van der Waals surface area contributed by atoms with Crippen molar-refractivity contribution in [3.8, 4) is 11.4 Å². The van der Waals surface area contributed by atoms with Gasteiger partial charge in [0.1, 0.15) is 5.82 Å². The molecule has 0 bridgehead atoms. The van der Waals surface area contributed by atoms with E-state index in [1.54, 1.807) is 7.05 Å². The molecular weight excluding hydrogens is 414 g/mol. The van der Waals surface area contributed by atoms with Crippen molar-refractivity contribution in [1.82, 2.24) is 14.9 Å². The molecular formula is C26H33N5S. The van der Waals surface area contributed by atoms with Crippen molar-refractivity contribution in [1.29, 1.82) is 0 Å². The first kappa shape index (κ1) is 23.8. The first-order valence-electron chi connectivity index (χ1n) is 11.0. The molecule has 168 valence electrons. The van der Waals surface area contributed by atoms with Crippen LogP contribution in [0.5, 0.6) is 0 Å². The summed E-state index contributed by atoms with van der Waals surface area (Å²) < 4.78 is 0. The molecule has 1 aliphatic carbocycles. The van der Waals surface area contributed by atoms with Gasteiger partial charge in [-0.25, -0.2) is 9.97 Å². The lowest BCUT2D eigenvalue weighted by Crippen LogP contribution is -2.25. The number of nitrogens with one attached hydrogen (secondary N) is 1. The summed E-state index contributed by atoms with van der Waals surface area (Å²) in [6.07, 6.45) is 13.1. The SMILES string of the molecule is C=C/C(=C\N(C)C)c1cccc(-c2ncc(/C(C=NC)=C/C)c(NC3CCCC3S)n2)c1. The highest BCUT2D eigenvalue weighted by molar-refractivity contribution is 7.81. The number of nitrogens with zero attached hydrogens (tertiary/aromatic N) is 4. The van der Waals surface area contributed by atoms with Crippen LogP contribution in [0.25, 0.3) is 22.5 Å². The Bertz CT molecular complexity index is 1040. The molecule has 2 atom stereocenters. The predicted molar refractivity (Wildman–Crippen MR) is 141 cm³/mol. The molecule has 2 aromatic rings. The molecule has 0 aliphatic heterocycles. The first-order valence-corrected chi connectivity index (χ1v) is 11.5. The average Bonchev–Trinajstić information content (AvgIpc) is 3.20. The monoisotopic (exact) mass is 447 g/mol. The summed E-state index contributed by atoms with van der Waals surface area (Å²) in [5.41, 5.74) is 5.03. The molecule has 1 aromatic carbocycles. The van der Waals surface area contributed by atoms with Crippen molar-refractivity contribution in [2.24, 2.45) is 4.99 Å². The standard InChI is InChI=1S/C26H33N5S/c1-6-18(15-27-3)22-16-28-25(30-26(22)29-23-12-9-13-24(23)32)21-11-8-10-20(14-21)19(7-2)17-31(4)5/h6-8,10-11,14-17,23-24,32H,2,9,12-13H2,1,3-5H3,(H,28,29,30)/b18-6+,19-17+,27-15?. The molecule has 1 aliphatic rings. The van der Waals surface area contributed by atoms with Gasteiger partial charge in [0.15, 0.2) is 5.82 Å². The van der Waals surface area contributed by atoms with Gasteiger partial charge in [0.25, 0.3) is 0 Å². The van der Waals surface area contributed by atoms with E-state index < -0.39 is 0 Å². The number of aromatic nitrogens is 2. The van der Waals surface area contributed by atoms with Crippen LogP contribution in [0.2, 0.25) is 0 Å². The fourth-order valence-corrected chi connectivity index (χ4v) is 4.33. The second-order valence-electron chi connectivity index (χ2n) is 8.17. The normalized spacial score (nSPS) is 19.4. The third kappa shape index (κ3) is 5.68. The van der Waals surface area contributed by atoms with Crippen LogP contribution in [0, 0.1) is 0 Å². The van der Waals surface area contributed by atoms with Crippen LogP contribution in [0.1, 0.15) is 37.3 Å². The molecule has 0 amide bonds. The third-order valence-corrected chi connectivity index (χ3v) is 6.17. The zero-order valence-corrected chi connectivity index (χ0v) is 20.3. The van der Waals surface area contributed by atoms with Crippen molar-refractivity contribution in [3.63, 3.8) is 0 Å². The van der Waals surface area contributed by atoms with Crippen LogP contribution >= 0.6 is 12.6 Å². The van der Waals surface area contributed by atoms with E-state index in [-0.39, 0.29) is 0 Å². The number of thiol groups is 1. The molecule has 1 aromatic heterocycles. The molecule has 1 saturated carbocycles. The summed E-state index contributed by atoms with van der Waals surface area (Å²) >= 11 is 4.77. The molecule has 0 radical (unpaired) electrons. The van der Waals surface area contributed by atoms with Crippen LogP contribution in [0.15, 0.2) is 60.4 Å². The maximum Gasteiger partial charge on any atom is 0.161 e. The number of anilines is 1. The summed E-state index contributed by atoms with van der Waals surface area (Å²) in [6, 6.07) is 8.55. The maximum absolute atomic E-state index is 4.96. The summed E-state index contributed by atoms with van der Waals surface area (Å²) in [7, 11) is 5.78. The Morgan fingerprint density at radius 2 is 2.09 bits per heavy atom. The van der Waals surface area contributed by atoms with E-state index in [4.69, 9.17) is 22.6 Å². The highest BCUT2D eigenvalue weighted by atomic mass is 32.1. The van der Waals surface area contributed by atoms with E-state index in [0.717, 1.165) is 46.5 Å². The smallest absolute Gasteiger partial charge is 0.161 e. The molecule has 32 heavy (non-hydrogen) atoms. The van der Waals surface area contributed by atoms with E-state index >= 15 is 0 Å². The van der Waals surface area contributed by atoms with Crippen molar-refractivity contribution >= 4 is 35.8 Å². The Morgan fingerprint density at radius 1 is 1.28 bits per heavy atom. The fraction of sp³-hybridized carbons (Fsp3) is 0.346. The van der Waals surface area contributed by atoms with Crippen LogP contribution < -0.4 is 5.32 Å². The zero-order valence-electron chi connectivity index (χ0n) is 19.4. The Labute approximate surface area is 197 Å². The second-order valence-corrected chi connectivity index (χ2v) is 8.83. The lowest BCUT2D eigenvalue weighted by Gasteiger charge is -2.20. The quantitative estimate of drug-likeness (QED) is 0.314. The van der Waals surface area contributed by atoms with Crippen molar-refractivity contribution in [2.45, 2.75) is 37.5 Å². The molecule has 2 unspecified atom stereocenters. The predicted octanol–water partition coefficient (Wildman–Crippen LogP) is 5.60. The van der Waals surface area contributed by atoms with Gasteiger partial charge in [-0.15, -0.1) is 0 Å². The van der Waals surface area contributed by atoms with E-state index in [1.807, 2.05) is 62.6 Å². The summed E-state index contributed by atoms with van der Waals surface area (Å²) in [5, 5.41) is 3.98. The number of hydrogen-bond donors (Lipinski definition) is 2. The molecule has 0 spiro atoms. The molecule has 1 N–H and O–H groups in total. The second kappa shape index (κ2) is 11.1. The van der Waals surface area contributed by atoms with Gasteiger partial charge < -0.3 is 10.2 Å². The average molecular weight is 448 g/mol. The fourth-order valence-electron chi connectivity index (χ4n) is 3.93. The van der Waals surface area contributed by atoms with Crippen LogP contribution in [0.3, 0.4) is 0 Å². The third-order valence-electron chi connectivity index (χ3n) is 5.55. The lowest BCUT2D eigenvalue weighted by molar-refractivity contribution is 0.566. The van der Waals surface area contributed by atoms with Crippen LogP contribution in [-0.2, 0) is 0 Å².